The lowest BCUT2D eigenvalue weighted by atomic mass is 10.0. The first-order valence-electron chi connectivity index (χ1n) is 4.50. The molecular weight excluding hydrogens is 238 g/mol. The number of carbonyl (C=O) groups is 1. The lowest BCUT2D eigenvalue weighted by molar-refractivity contribution is -0.153. The van der Waals surface area contributed by atoms with Crippen LogP contribution in [0.25, 0.3) is 0 Å². The second-order valence-electron chi connectivity index (χ2n) is 3.24. The van der Waals surface area contributed by atoms with Gasteiger partial charge in [0, 0.05) is 11.6 Å². The van der Waals surface area contributed by atoms with Gasteiger partial charge in [-0.25, -0.2) is 13.6 Å². The molecule has 7 heteroatoms. The van der Waals surface area contributed by atoms with E-state index in [-0.39, 0.29) is 11.3 Å². The molecule has 0 aliphatic rings. The van der Waals surface area contributed by atoms with E-state index in [9.17, 15) is 18.7 Å². The van der Waals surface area contributed by atoms with E-state index < -0.39 is 29.8 Å². The highest BCUT2D eigenvalue weighted by Crippen LogP contribution is 2.29. The number of aliphatic hydroxyl groups excluding tert-OH is 2. The second kappa shape index (κ2) is 5.07. The molecule has 0 bridgehead atoms. The highest BCUT2D eigenvalue weighted by molar-refractivity contribution is 5.73. The van der Waals surface area contributed by atoms with Gasteiger partial charge in [0.05, 0.1) is 7.11 Å². The average Bonchev–Trinajstić information content (AvgIpc) is 2.29. The summed E-state index contributed by atoms with van der Waals surface area (Å²) in [6, 6.07) is 1.23. The van der Waals surface area contributed by atoms with Crippen LogP contribution in [0.1, 0.15) is 11.7 Å². The fraction of sp³-hybridized carbons (Fsp3) is 0.300. The van der Waals surface area contributed by atoms with Gasteiger partial charge in [0.2, 0.25) is 0 Å². The summed E-state index contributed by atoms with van der Waals surface area (Å²) in [6.45, 7) is 0. The van der Waals surface area contributed by atoms with Crippen molar-refractivity contribution in [3.05, 3.63) is 29.3 Å². The summed E-state index contributed by atoms with van der Waals surface area (Å²) in [5.41, 5.74) is -0.346. The summed E-state index contributed by atoms with van der Waals surface area (Å²) >= 11 is 0. The molecule has 0 radical (unpaired) electrons. The number of benzene rings is 1. The molecule has 0 saturated heterocycles. The van der Waals surface area contributed by atoms with Gasteiger partial charge in [-0.2, -0.15) is 0 Å². The Morgan fingerprint density at radius 3 is 2.29 bits per heavy atom. The zero-order valence-electron chi connectivity index (χ0n) is 8.72. The predicted octanol–water partition coefficient (Wildman–Crippen LogP) is 0.452. The van der Waals surface area contributed by atoms with E-state index in [0.717, 1.165) is 7.11 Å². The normalized spacial score (nSPS) is 14.2. The van der Waals surface area contributed by atoms with Crippen LogP contribution in [0.5, 0.6) is 5.75 Å². The Hall–Kier alpha value is -1.73. The van der Waals surface area contributed by atoms with E-state index in [1.165, 1.54) is 0 Å². The molecule has 0 heterocycles. The highest BCUT2D eigenvalue weighted by Gasteiger charge is 2.28. The monoisotopic (exact) mass is 248 g/mol. The van der Waals surface area contributed by atoms with Crippen molar-refractivity contribution in [2.75, 3.05) is 7.11 Å². The summed E-state index contributed by atoms with van der Waals surface area (Å²) in [6.07, 6.45) is -4.08. The molecule has 0 saturated carbocycles. The van der Waals surface area contributed by atoms with Gasteiger partial charge in [-0.3, -0.25) is 0 Å². The number of halogens is 2. The minimum Gasteiger partial charge on any atom is -0.496 e. The summed E-state index contributed by atoms with van der Waals surface area (Å²) in [5, 5.41) is 27.1. The van der Waals surface area contributed by atoms with Crippen LogP contribution in [0.4, 0.5) is 8.78 Å². The van der Waals surface area contributed by atoms with Gasteiger partial charge < -0.3 is 20.1 Å². The number of hydrogen-bond donors (Lipinski definition) is 3. The topological polar surface area (TPSA) is 87.0 Å². The van der Waals surface area contributed by atoms with Gasteiger partial charge in [-0.1, -0.05) is 0 Å². The zero-order chi connectivity index (χ0) is 13.2. The van der Waals surface area contributed by atoms with Crippen molar-refractivity contribution in [2.45, 2.75) is 12.2 Å². The van der Waals surface area contributed by atoms with E-state index in [2.05, 4.69) is 4.74 Å². The summed E-state index contributed by atoms with van der Waals surface area (Å²) < 4.78 is 30.5. The molecule has 0 amide bonds. The smallest absolute Gasteiger partial charge is 0.335 e. The SMILES string of the molecule is COc1cc(F)c(F)cc1C(O)C(O)C(=O)O. The number of ether oxygens (including phenoxy) is 1. The summed E-state index contributed by atoms with van der Waals surface area (Å²) in [4.78, 5) is 10.4. The van der Waals surface area contributed by atoms with E-state index in [0.29, 0.717) is 12.1 Å². The molecule has 1 aromatic carbocycles. The molecule has 0 aromatic heterocycles. The predicted molar refractivity (Wildman–Crippen MR) is 51.5 cm³/mol. The highest BCUT2D eigenvalue weighted by atomic mass is 19.2. The van der Waals surface area contributed by atoms with Crippen LogP contribution in [0, 0.1) is 11.6 Å². The zero-order valence-corrected chi connectivity index (χ0v) is 8.72. The maximum Gasteiger partial charge on any atom is 0.335 e. The summed E-state index contributed by atoms with van der Waals surface area (Å²) in [7, 11) is 1.13. The maximum absolute atomic E-state index is 12.9. The molecule has 1 aromatic rings. The summed E-state index contributed by atoms with van der Waals surface area (Å²) in [5.74, 6) is -4.43. The van der Waals surface area contributed by atoms with Crippen molar-refractivity contribution < 1.29 is 33.6 Å². The van der Waals surface area contributed by atoms with Crippen molar-refractivity contribution in [1.82, 2.24) is 0 Å². The first-order chi connectivity index (χ1) is 7.88. The molecule has 17 heavy (non-hydrogen) atoms. The second-order valence-corrected chi connectivity index (χ2v) is 3.24. The fourth-order valence-electron chi connectivity index (χ4n) is 1.26. The van der Waals surface area contributed by atoms with E-state index in [4.69, 9.17) is 10.2 Å². The number of methoxy groups -OCH3 is 1. The quantitative estimate of drug-likeness (QED) is 0.720. The Kier molecular flexibility index (Phi) is 3.97. The van der Waals surface area contributed by atoms with Crippen LogP contribution < -0.4 is 4.74 Å². The van der Waals surface area contributed by atoms with E-state index >= 15 is 0 Å². The third kappa shape index (κ3) is 2.69. The number of hydrogen-bond acceptors (Lipinski definition) is 4. The van der Waals surface area contributed by atoms with Crippen molar-refractivity contribution in [3.8, 4) is 5.75 Å². The fourth-order valence-corrected chi connectivity index (χ4v) is 1.26. The lowest BCUT2D eigenvalue weighted by Crippen LogP contribution is -2.27. The third-order valence-electron chi connectivity index (χ3n) is 2.14. The molecule has 2 atom stereocenters. The number of carboxylic acids is 1. The Bertz CT molecular complexity index is 435. The molecule has 2 unspecified atom stereocenters. The van der Waals surface area contributed by atoms with Gasteiger partial charge >= 0.3 is 5.97 Å². The number of aliphatic carboxylic acids is 1. The average molecular weight is 248 g/mol. The van der Waals surface area contributed by atoms with Crippen LogP contribution in [0.3, 0.4) is 0 Å². The van der Waals surface area contributed by atoms with Crippen molar-refractivity contribution in [1.29, 1.82) is 0 Å². The molecule has 0 fully saturated rings. The lowest BCUT2D eigenvalue weighted by Gasteiger charge is -2.17. The van der Waals surface area contributed by atoms with Gasteiger partial charge in [-0.05, 0) is 6.07 Å². The van der Waals surface area contributed by atoms with Crippen LogP contribution in [0.2, 0.25) is 0 Å². The van der Waals surface area contributed by atoms with Gasteiger partial charge in [0.15, 0.2) is 17.7 Å². The van der Waals surface area contributed by atoms with Gasteiger partial charge in [0.25, 0.3) is 0 Å². The van der Waals surface area contributed by atoms with E-state index in [1.807, 2.05) is 0 Å². The maximum atomic E-state index is 12.9. The Morgan fingerprint density at radius 2 is 1.82 bits per heavy atom. The minimum atomic E-state index is -2.16. The Morgan fingerprint density at radius 1 is 1.29 bits per heavy atom. The largest absolute Gasteiger partial charge is 0.496 e. The molecular formula is C10H10F2O5. The first kappa shape index (κ1) is 13.3. The van der Waals surface area contributed by atoms with Crippen molar-refractivity contribution in [3.63, 3.8) is 0 Å². The van der Waals surface area contributed by atoms with Crippen LogP contribution in [-0.2, 0) is 4.79 Å². The standard InChI is InChI=1S/C10H10F2O5/c1-17-7-3-6(12)5(11)2-4(7)8(13)9(14)10(15)16/h2-3,8-9,13-14H,1H3,(H,15,16). The molecule has 0 spiro atoms. The van der Waals surface area contributed by atoms with Crippen LogP contribution in [0.15, 0.2) is 12.1 Å². The Balaban J connectivity index is 3.20. The van der Waals surface area contributed by atoms with Crippen molar-refractivity contribution in [2.24, 2.45) is 0 Å². The van der Waals surface area contributed by atoms with Crippen LogP contribution in [-0.4, -0.2) is 34.5 Å². The molecule has 94 valence electrons. The molecule has 3 N–H and O–H groups in total. The Labute approximate surface area is 94.9 Å². The molecule has 0 aliphatic carbocycles. The first-order valence-corrected chi connectivity index (χ1v) is 4.50. The number of aliphatic hydroxyl groups is 2. The van der Waals surface area contributed by atoms with Crippen molar-refractivity contribution >= 4 is 5.97 Å². The molecule has 5 nitrogen and oxygen atoms in total. The van der Waals surface area contributed by atoms with Crippen LogP contribution >= 0.6 is 0 Å². The molecule has 0 aliphatic heterocycles. The van der Waals surface area contributed by atoms with Gasteiger partial charge in [0.1, 0.15) is 11.9 Å². The third-order valence-corrected chi connectivity index (χ3v) is 2.14. The minimum absolute atomic E-state index is 0.253. The molecule has 1 rings (SSSR count). The van der Waals surface area contributed by atoms with E-state index in [1.54, 1.807) is 0 Å². The number of rotatable bonds is 4. The number of carboxylic acid groups (broad SMARTS) is 1. The van der Waals surface area contributed by atoms with Gasteiger partial charge in [-0.15, -0.1) is 0 Å².